The van der Waals surface area contributed by atoms with Gasteiger partial charge in [0.05, 0.1) is 25.8 Å². The van der Waals surface area contributed by atoms with Gasteiger partial charge < -0.3 is 25.8 Å². The Morgan fingerprint density at radius 1 is 1.40 bits per heavy atom. The van der Waals surface area contributed by atoms with Gasteiger partial charge in [0.15, 0.2) is 0 Å². The summed E-state index contributed by atoms with van der Waals surface area (Å²) < 4.78 is 5.11. The van der Waals surface area contributed by atoms with Crippen LogP contribution in [0, 0.1) is 5.41 Å². The number of carboxylic acids is 1. The Morgan fingerprint density at radius 2 is 2.05 bits per heavy atom. The van der Waals surface area contributed by atoms with Crippen LogP contribution in [0.1, 0.15) is 20.8 Å². The van der Waals surface area contributed by atoms with Crippen LogP contribution in [0.5, 0.6) is 0 Å². The fraction of sp³-hybridized carbons (Fsp3) is 0.750. The van der Waals surface area contributed by atoms with Crippen LogP contribution in [0.2, 0.25) is 0 Å². The molecule has 0 aromatic heterocycles. The summed E-state index contributed by atoms with van der Waals surface area (Å²) in [4.78, 5) is 34.2. The molecule has 0 aromatic rings. The molecule has 1 fully saturated rings. The van der Waals surface area contributed by atoms with Crippen LogP contribution in [0.4, 0.5) is 4.79 Å². The van der Waals surface area contributed by atoms with Crippen LogP contribution in [0.15, 0.2) is 0 Å². The predicted octanol–water partition coefficient (Wildman–Crippen LogP) is -0.700. The van der Waals surface area contributed by atoms with Crippen LogP contribution in [-0.2, 0) is 14.3 Å². The van der Waals surface area contributed by atoms with Crippen molar-refractivity contribution in [3.05, 3.63) is 0 Å². The van der Waals surface area contributed by atoms with Gasteiger partial charge in [0, 0.05) is 6.04 Å². The molecule has 0 aromatic carbocycles. The molecule has 0 spiro atoms. The first kappa shape index (κ1) is 16.2. The summed E-state index contributed by atoms with van der Waals surface area (Å²) in [6.45, 7) is 5.15. The standard InChI is InChI=1S/C12H21N3O5/c1-7(2)14-9(16)4-13-11(19)15-8-5-20-6-12(8,3)10(17)18/h7-8H,4-6H2,1-3H3,(H,14,16)(H,17,18)(H2,13,15,19). The molecule has 20 heavy (non-hydrogen) atoms. The van der Waals surface area contributed by atoms with Crippen LogP contribution in [0.25, 0.3) is 0 Å². The number of ether oxygens (including phenoxy) is 1. The summed E-state index contributed by atoms with van der Waals surface area (Å²) in [5.41, 5.74) is -1.16. The second-order valence-electron chi connectivity index (χ2n) is 5.34. The molecule has 3 amide bonds. The quantitative estimate of drug-likeness (QED) is 0.533. The minimum absolute atomic E-state index is 0.00843. The number of nitrogens with one attached hydrogen (secondary N) is 3. The van der Waals surface area contributed by atoms with Gasteiger partial charge in [-0.1, -0.05) is 0 Å². The molecule has 1 rings (SSSR count). The fourth-order valence-corrected chi connectivity index (χ4v) is 1.83. The highest BCUT2D eigenvalue weighted by Crippen LogP contribution is 2.28. The van der Waals surface area contributed by atoms with Gasteiger partial charge >= 0.3 is 12.0 Å². The number of hydrogen-bond acceptors (Lipinski definition) is 4. The van der Waals surface area contributed by atoms with Crippen molar-refractivity contribution in [3.63, 3.8) is 0 Å². The van der Waals surface area contributed by atoms with Crippen molar-refractivity contribution in [2.75, 3.05) is 19.8 Å². The zero-order chi connectivity index (χ0) is 15.3. The Labute approximate surface area is 117 Å². The molecule has 2 unspecified atom stereocenters. The maximum atomic E-state index is 11.6. The lowest BCUT2D eigenvalue weighted by atomic mass is 9.85. The number of rotatable bonds is 5. The Hall–Kier alpha value is -1.83. The van der Waals surface area contributed by atoms with Crippen LogP contribution in [-0.4, -0.2) is 54.9 Å². The van der Waals surface area contributed by atoms with E-state index in [4.69, 9.17) is 9.84 Å². The van der Waals surface area contributed by atoms with E-state index in [1.54, 1.807) is 0 Å². The van der Waals surface area contributed by atoms with Crippen molar-refractivity contribution in [2.24, 2.45) is 5.41 Å². The van der Waals surface area contributed by atoms with Gasteiger partial charge in [0.1, 0.15) is 5.41 Å². The lowest BCUT2D eigenvalue weighted by Crippen LogP contribution is -2.53. The fourth-order valence-electron chi connectivity index (χ4n) is 1.83. The van der Waals surface area contributed by atoms with E-state index in [1.807, 2.05) is 13.8 Å². The highest BCUT2D eigenvalue weighted by Gasteiger charge is 2.47. The van der Waals surface area contributed by atoms with Crippen molar-refractivity contribution >= 4 is 17.9 Å². The van der Waals surface area contributed by atoms with Gasteiger partial charge in [-0.05, 0) is 20.8 Å². The third-order valence-electron chi connectivity index (χ3n) is 3.11. The summed E-state index contributed by atoms with van der Waals surface area (Å²) in [5, 5.41) is 16.7. The zero-order valence-corrected chi connectivity index (χ0v) is 11.9. The van der Waals surface area contributed by atoms with Crippen molar-refractivity contribution in [1.82, 2.24) is 16.0 Å². The van der Waals surface area contributed by atoms with Crippen LogP contribution < -0.4 is 16.0 Å². The minimum Gasteiger partial charge on any atom is -0.481 e. The molecule has 0 bridgehead atoms. The average Bonchev–Trinajstić information content (AvgIpc) is 2.69. The Bertz CT molecular complexity index is 399. The van der Waals surface area contributed by atoms with Gasteiger partial charge in [0.25, 0.3) is 0 Å². The van der Waals surface area contributed by atoms with Gasteiger partial charge in [-0.2, -0.15) is 0 Å². The molecule has 0 aliphatic carbocycles. The summed E-state index contributed by atoms with van der Waals surface area (Å²) >= 11 is 0. The van der Waals surface area contributed by atoms with Gasteiger partial charge in [-0.3, -0.25) is 9.59 Å². The molecule has 0 saturated carbocycles. The second kappa shape index (κ2) is 6.56. The van der Waals surface area contributed by atoms with Crippen molar-refractivity contribution in [3.8, 4) is 0 Å². The second-order valence-corrected chi connectivity index (χ2v) is 5.34. The number of carboxylic acid groups (broad SMARTS) is 1. The predicted molar refractivity (Wildman–Crippen MR) is 70.2 cm³/mol. The molecular formula is C12H21N3O5. The first-order chi connectivity index (χ1) is 9.25. The molecule has 0 radical (unpaired) electrons. The molecular weight excluding hydrogens is 266 g/mol. The van der Waals surface area contributed by atoms with Gasteiger partial charge in [-0.15, -0.1) is 0 Å². The van der Waals surface area contributed by atoms with E-state index in [2.05, 4.69) is 16.0 Å². The molecule has 8 nitrogen and oxygen atoms in total. The number of carbonyl (C=O) groups is 3. The SMILES string of the molecule is CC(C)NC(=O)CNC(=O)NC1COCC1(C)C(=O)O. The summed E-state index contributed by atoms with van der Waals surface area (Å²) in [7, 11) is 0. The van der Waals surface area contributed by atoms with E-state index in [0.717, 1.165) is 0 Å². The average molecular weight is 287 g/mol. The number of urea groups is 1. The van der Waals surface area contributed by atoms with E-state index >= 15 is 0 Å². The lowest BCUT2D eigenvalue weighted by Gasteiger charge is -2.25. The number of carbonyl (C=O) groups excluding carboxylic acids is 2. The lowest BCUT2D eigenvalue weighted by molar-refractivity contribution is -0.148. The topological polar surface area (TPSA) is 117 Å². The van der Waals surface area contributed by atoms with E-state index in [9.17, 15) is 14.4 Å². The summed E-state index contributed by atoms with van der Waals surface area (Å²) in [6, 6.07) is -1.23. The van der Waals surface area contributed by atoms with Crippen LogP contribution in [0.3, 0.4) is 0 Å². The highest BCUT2D eigenvalue weighted by molar-refractivity contribution is 5.84. The number of amides is 3. The molecule has 114 valence electrons. The third kappa shape index (κ3) is 4.09. The Morgan fingerprint density at radius 3 is 2.60 bits per heavy atom. The normalized spacial score (nSPS) is 25.3. The maximum Gasteiger partial charge on any atom is 0.315 e. The molecule has 2 atom stereocenters. The van der Waals surface area contributed by atoms with Crippen LogP contribution >= 0.6 is 0 Å². The third-order valence-corrected chi connectivity index (χ3v) is 3.11. The number of hydrogen-bond donors (Lipinski definition) is 4. The maximum absolute atomic E-state index is 11.6. The van der Waals surface area contributed by atoms with Gasteiger partial charge in [0.2, 0.25) is 5.91 Å². The molecule has 1 heterocycles. The first-order valence-corrected chi connectivity index (χ1v) is 6.40. The van der Waals surface area contributed by atoms with E-state index in [0.29, 0.717) is 0 Å². The Balaban J connectivity index is 2.43. The van der Waals surface area contributed by atoms with Crippen molar-refractivity contribution in [2.45, 2.75) is 32.9 Å². The zero-order valence-electron chi connectivity index (χ0n) is 11.9. The molecule has 1 aliphatic rings. The van der Waals surface area contributed by atoms with E-state index in [-0.39, 0.29) is 31.7 Å². The molecule has 4 N–H and O–H groups in total. The summed E-state index contributed by atoms with van der Waals surface area (Å²) in [5.74, 6) is -1.34. The molecule has 1 aliphatic heterocycles. The summed E-state index contributed by atoms with van der Waals surface area (Å²) in [6.07, 6.45) is 0. The molecule has 1 saturated heterocycles. The van der Waals surface area contributed by atoms with E-state index < -0.39 is 23.5 Å². The highest BCUT2D eigenvalue weighted by atomic mass is 16.5. The monoisotopic (exact) mass is 287 g/mol. The number of aliphatic carboxylic acids is 1. The van der Waals surface area contributed by atoms with Crippen molar-refractivity contribution < 1.29 is 24.2 Å². The first-order valence-electron chi connectivity index (χ1n) is 6.40. The molecule has 8 heteroatoms. The van der Waals surface area contributed by atoms with Gasteiger partial charge in [-0.25, -0.2) is 4.79 Å². The van der Waals surface area contributed by atoms with Crippen molar-refractivity contribution in [1.29, 1.82) is 0 Å². The minimum atomic E-state index is -1.16. The van der Waals surface area contributed by atoms with E-state index in [1.165, 1.54) is 6.92 Å². The largest absolute Gasteiger partial charge is 0.481 e. The smallest absolute Gasteiger partial charge is 0.315 e. The Kier molecular flexibility index (Phi) is 5.32.